The molecule has 1 rings (SSSR count). The number of hydrogen-bond acceptors (Lipinski definition) is 2. The summed E-state index contributed by atoms with van der Waals surface area (Å²) in [7, 11) is 0. The summed E-state index contributed by atoms with van der Waals surface area (Å²) in [4.78, 5) is 7.08. The lowest BCUT2D eigenvalue weighted by atomic mass is 10.1. The van der Waals surface area contributed by atoms with Crippen LogP contribution < -0.4 is 11.3 Å². The molecule has 1 fully saturated rings. The quantitative estimate of drug-likeness (QED) is 0.337. The van der Waals surface area contributed by atoms with Crippen LogP contribution in [-0.2, 0) is 0 Å². The Labute approximate surface area is 118 Å². The Bertz CT molecular complexity index is 267. The molecule has 19 heavy (non-hydrogen) atoms. The molecule has 0 aromatic carbocycles. The average Bonchev–Trinajstić information content (AvgIpc) is 2.86. The van der Waals surface area contributed by atoms with E-state index in [4.69, 9.17) is 5.84 Å². The molecule has 0 saturated heterocycles. The van der Waals surface area contributed by atoms with Crippen molar-refractivity contribution >= 4 is 5.96 Å². The number of guanidine groups is 1. The summed E-state index contributed by atoms with van der Waals surface area (Å²) in [5, 5.41) is 0. The van der Waals surface area contributed by atoms with Gasteiger partial charge in [-0.05, 0) is 31.1 Å². The minimum atomic E-state index is 0.568. The van der Waals surface area contributed by atoms with Crippen molar-refractivity contribution in [3.63, 3.8) is 0 Å². The van der Waals surface area contributed by atoms with Crippen molar-refractivity contribution in [1.29, 1.82) is 0 Å². The van der Waals surface area contributed by atoms with E-state index in [-0.39, 0.29) is 0 Å². The first-order valence-electron chi connectivity index (χ1n) is 7.82. The largest absolute Gasteiger partial charge is 0.339 e. The van der Waals surface area contributed by atoms with Gasteiger partial charge in [-0.2, -0.15) is 0 Å². The third-order valence-electron chi connectivity index (χ3n) is 3.72. The normalized spacial score (nSPS) is 17.5. The summed E-state index contributed by atoms with van der Waals surface area (Å²) in [6.07, 6.45) is 6.43. The summed E-state index contributed by atoms with van der Waals surface area (Å²) in [6, 6.07) is 0.626. The topological polar surface area (TPSA) is 53.6 Å². The van der Waals surface area contributed by atoms with Gasteiger partial charge in [0.25, 0.3) is 0 Å². The van der Waals surface area contributed by atoms with Gasteiger partial charge in [0.05, 0.1) is 0 Å². The van der Waals surface area contributed by atoms with E-state index in [0.717, 1.165) is 19.0 Å². The monoisotopic (exact) mass is 268 g/mol. The van der Waals surface area contributed by atoms with E-state index in [1.807, 2.05) is 0 Å². The van der Waals surface area contributed by atoms with Gasteiger partial charge >= 0.3 is 0 Å². The lowest BCUT2D eigenvalue weighted by molar-refractivity contribution is 0.286. The molecule has 0 amide bonds. The number of nitrogens with zero attached hydrogens (tertiary/aromatic N) is 2. The van der Waals surface area contributed by atoms with Crippen molar-refractivity contribution in [2.24, 2.45) is 22.7 Å². The molecule has 4 heteroatoms. The molecule has 1 aliphatic carbocycles. The molecule has 1 aliphatic rings. The number of nitrogens with two attached hydrogens (primary N) is 1. The van der Waals surface area contributed by atoms with Gasteiger partial charge in [0.1, 0.15) is 0 Å². The molecule has 1 saturated carbocycles. The van der Waals surface area contributed by atoms with Crippen LogP contribution in [0.2, 0.25) is 0 Å². The van der Waals surface area contributed by atoms with Gasteiger partial charge in [0, 0.05) is 19.1 Å². The third-order valence-corrected chi connectivity index (χ3v) is 3.72. The molecule has 0 aromatic heterocycles. The second-order valence-corrected chi connectivity index (χ2v) is 6.52. The van der Waals surface area contributed by atoms with E-state index < -0.39 is 0 Å². The number of hydrogen-bond donors (Lipinski definition) is 2. The zero-order valence-corrected chi connectivity index (χ0v) is 13.2. The van der Waals surface area contributed by atoms with Crippen molar-refractivity contribution in [2.45, 2.75) is 65.8 Å². The smallest absolute Gasteiger partial charge is 0.208 e. The summed E-state index contributed by atoms with van der Waals surface area (Å²) < 4.78 is 0. The van der Waals surface area contributed by atoms with Crippen LogP contribution in [0.15, 0.2) is 4.99 Å². The van der Waals surface area contributed by atoms with E-state index in [9.17, 15) is 0 Å². The van der Waals surface area contributed by atoms with Crippen LogP contribution in [0.3, 0.4) is 0 Å². The Balaban J connectivity index is 2.70. The van der Waals surface area contributed by atoms with Crippen LogP contribution in [0.1, 0.15) is 59.8 Å². The summed E-state index contributed by atoms with van der Waals surface area (Å²) >= 11 is 0. The lowest BCUT2D eigenvalue weighted by Gasteiger charge is -2.32. The highest BCUT2D eigenvalue weighted by Gasteiger charge is 2.25. The van der Waals surface area contributed by atoms with E-state index in [0.29, 0.717) is 17.9 Å². The van der Waals surface area contributed by atoms with Crippen LogP contribution >= 0.6 is 0 Å². The average molecular weight is 268 g/mol. The van der Waals surface area contributed by atoms with Crippen LogP contribution in [-0.4, -0.2) is 30.0 Å². The minimum Gasteiger partial charge on any atom is -0.339 e. The molecular formula is C15H32N4. The Morgan fingerprint density at radius 2 is 1.84 bits per heavy atom. The predicted octanol–water partition coefficient (Wildman–Crippen LogP) is 2.75. The number of nitrogens with one attached hydrogen (secondary N) is 1. The molecule has 3 N–H and O–H groups in total. The summed E-state index contributed by atoms with van der Waals surface area (Å²) in [5.74, 6) is 7.89. The molecule has 0 spiro atoms. The maximum absolute atomic E-state index is 5.71. The van der Waals surface area contributed by atoms with E-state index in [2.05, 4.69) is 43.0 Å². The second-order valence-electron chi connectivity index (χ2n) is 6.52. The second kappa shape index (κ2) is 8.41. The zero-order valence-electron chi connectivity index (χ0n) is 13.2. The van der Waals surface area contributed by atoms with Crippen LogP contribution in [0.4, 0.5) is 0 Å². The molecule has 0 aliphatic heterocycles. The van der Waals surface area contributed by atoms with Crippen molar-refractivity contribution in [2.75, 3.05) is 13.1 Å². The highest BCUT2D eigenvalue weighted by molar-refractivity contribution is 5.79. The molecule has 0 aromatic rings. The maximum atomic E-state index is 5.71. The van der Waals surface area contributed by atoms with Gasteiger partial charge in [-0.3, -0.25) is 10.4 Å². The first-order valence-corrected chi connectivity index (χ1v) is 7.82. The van der Waals surface area contributed by atoms with Crippen molar-refractivity contribution in [3.05, 3.63) is 0 Å². The SMILES string of the molecule is CC(C)CCN(C(=NCC(C)C)NN)C1CCCC1. The molecule has 0 radical (unpaired) electrons. The number of aliphatic imine (C=N–C) groups is 1. The van der Waals surface area contributed by atoms with Gasteiger partial charge in [-0.1, -0.05) is 40.5 Å². The van der Waals surface area contributed by atoms with E-state index in [1.165, 1.54) is 32.1 Å². The van der Waals surface area contributed by atoms with Gasteiger partial charge in [-0.15, -0.1) is 0 Å². The van der Waals surface area contributed by atoms with E-state index >= 15 is 0 Å². The Morgan fingerprint density at radius 1 is 1.21 bits per heavy atom. The fraction of sp³-hybridized carbons (Fsp3) is 0.933. The fourth-order valence-corrected chi connectivity index (χ4v) is 2.56. The van der Waals surface area contributed by atoms with Crippen LogP contribution in [0, 0.1) is 11.8 Å². The summed E-state index contributed by atoms with van der Waals surface area (Å²) in [6.45, 7) is 10.8. The molecule has 4 nitrogen and oxygen atoms in total. The zero-order chi connectivity index (χ0) is 14.3. The van der Waals surface area contributed by atoms with Crippen molar-refractivity contribution < 1.29 is 0 Å². The van der Waals surface area contributed by atoms with Gasteiger partial charge in [0.2, 0.25) is 5.96 Å². The molecule has 0 heterocycles. The number of rotatable bonds is 6. The Hall–Kier alpha value is -0.770. The molecule has 0 unspecified atom stereocenters. The molecule has 0 atom stereocenters. The minimum absolute atomic E-state index is 0.568. The highest BCUT2D eigenvalue weighted by atomic mass is 15.4. The lowest BCUT2D eigenvalue weighted by Crippen LogP contribution is -2.49. The van der Waals surface area contributed by atoms with Crippen LogP contribution in [0.5, 0.6) is 0 Å². The molecule has 112 valence electrons. The molecule has 0 bridgehead atoms. The number of hydrazine groups is 1. The fourth-order valence-electron chi connectivity index (χ4n) is 2.56. The summed E-state index contributed by atoms with van der Waals surface area (Å²) in [5.41, 5.74) is 2.83. The standard InChI is InChI=1S/C15H32N4/c1-12(2)9-10-19(14-7-5-6-8-14)15(18-16)17-11-13(3)4/h12-14H,5-11,16H2,1-4H3,(H,17,18). The predicted molar refractivity (Wildman–Crippen MR) is 82.9 cm³/mol. The van der Waals surface area contributed by atoms with Crippen molar-refractivity contribution in [3.8, 4) is 0 Å². The van der Waals surface area contributed by atoms with Gasteiger partial charge < -0.3 is 4.90 Å². The Kier molecular flexibility index (Phi) is 7.21. The Morgan fingerprint density at radius 3 is 2.32 bits per heavy atom. The van der Waals surface area contributed by atoms with Gasteiger partial charge in [0.15, 0.2) is 0 Å². The third kappa shape index (κ3) is 5.81. The maximum Gasteiger partial charge on any atom is 0.208 e. The van der Waals surface area contributed by atoms with Crippen LogP contribution in [0.25, 0.3) is 0 Å². The first kappa shape index (κ1) is 16.3. The van der Waals surface area contributed by atoms with Gasteiger partial charge in [-0.25, -0.2) is 5.84 Å². The molecular weight excluding hydrogens is 236 g/mol. The highest BCUT2D eigenvalue weighted by Crippen LogP contribution is 2.24. The van der Waals surface area contributed by atoms with E-state index in [1.54, 1.807) is 0 Å². The van der Waals surface area contributed by atoms with Crippen molar-refractivity contribution in [1.82, 2.24) is 10.3 Å². The first-order chi connectivity index (χ1) is 9.04.